The van der Waals surface area contributed by atoms with Crippen molar-refractivity contribution in [2.45, 2.75) is 26.3 Å². The van der Waals surface area contributed by atoms with Gasteiger partial charge in [0, 0.05) is 13.1 Å². The summed E-state index contributed by atoms with van der Waals surface area (Å²) in [5, 5.41) is 10.8. The summed E-state index contributed by atoms with van der Waals surface area (Å²) in [6.07, 6.45) is 3.91. The molecule has 0 unspecified atom stereocenters. The van der Waals surface area contributed by atoms with Crippen molar-refractivity contribution in [1.29, 1.82) is 0 Å². The Bertz CT molecular complexity index is 241. The van der Waals surface area contributed by atoms with Gasteiger partial charge in [-0.05, 0) is 6.42 Å². The summed E-state index contributed by atoms with van der Waals surface area (Å²) in [5.41, 5.74) is 6.07. The number of hydrogen-bond acceptors (Lipinski definition) is 5. The van der Waals surface area contributed by atoms with Gasteiger partial charge in [0.15, 0.2) is 0 Å². The zero-order valence-electron chi connectivity index (χ0n) is 8.64. The van der Waals surface area contributed by atoms with Gasteiger partial charge >= 0.3 is 0 Å². The highest BCUT2D eigenvalue weighted by Crippen LogP contribution is 1.96. The van der Waals surface area contributed by atoms with Crippen LogP contribution in [0, 0.1) is 0 Å². The quantitative estimate of drug-likeness (QED) is 0.776. The van der Waals surface area contributed by atoms with Gasteiger partial charge in [0.2, 0.25) is 5.95 Å². The highest BCUT2D eigenvalue weighted by molar-refractivity contribution is 5.85. The van der Waals surface area contributed by atoms with Gasteiger partial charge in [-0.3, -0.25) is 0 Å². The Balaban J connectivity index is 0. The van der Waals surface area contributed by atoms with Crippen molar-refractivity contribution < 1.29 is 0 Å². The molecule has 0 aromatic carbocycles. The first-order valence-electron chi connectivity index (χ1n) is 4.49. The van der Waals surface area contributed by atoms with Crippen LogP contribution < -0.4 is 11.1 Å². The van der Waals surface area contributed by atoms with E-state index in [2.05, 4.69) is 27.4 Å². The highest BCUT2D eigenvalue weighted by atomic mass is 35.5. The molecule has 0 aliphatic carbocycles. The maximum atomic E-state index is 5.36. The van der Waals surface area contributed by atoms with E-state index in [1.54, 1.807) is 6.20 Å². The van der Waals surface area contributed by atoms with Crippen molar-refractivity contribution in [1.82, 2.24) is 15.2 Å². The molecule has 0 amide bonds. The second kappa shape index (κ2) is 9.89. The van der Waals surface area contributed by atoms with Gasteiger partial charge in [-0.15, -0.1) is 35.0 Å². The minimum Gasteiger partial charge on any atom is -0.353 e. The van der Waals surface area contributed by atoms with E-state index in [0.717, 1.165) is 19.4 Å². The van der Waals surface area contributed by atoms with E-state index in [0.29, 0.717) is 18.2 Å². The average Bonchev–Trinajstić information content (AvgIpc) is 2.19. The standard InChI is InChI=1S/C8H15N5.2ClH/c1-2-3-4-10-8-11-6-7(5-9)12-13-8;;/h6H,2-5,9H2,1H3,(H,10,11,13);2*1H. The van der Waals surface area contributed by atoms with Gasteiger partial charge in [0.1, 0.15) is 0 Å². The Hall–Kier alpha value is -0.650. The summed E-state index contributed by atoms with van der Waals surface area (Å²) < 4.78 is 0. The number of nitrogens with one attached hydrogen (secondary N) is 1. The number of rotatable bonds is 5. The first-order chi connectivity index (χ1) is 6.36. The van der Waals surface area contributed by atoms with Crippen LogP contribution in [0.15, 0.2) is 6.20 Å². The van der Waals surface area contributed by atoms with Gasteiger partial charge in [0.05, 0.1) is 11.9 Å². The number of halogens is 2. The summed E-state index contributed by atoms with van der Waals surface area (Å²) in [7, 11) is 0. The summed E-state index contributed by atoms with van der Waals surface area (Å²) in [6.45, 7) is 3.41. The van der Waals surface area contributed by atoms with E-state index in [1.165, 1.54) is 0 Å². The third-order valence-electron chi connectivity index (χ3n) is 1.63. The van der Waals surface area contributed by atoms with Crippen LogP contribution in [0.3, 0.4) is 0 Å². The number of aromatic nitrogens is 3. The second-order valence-corrected chi connectivity index (χ2v) is 2.76. The van der Waals surface area contributed by atoms with E-state index in [-0.39, 0.29) is 24.8 Å². The molecular weight excluding hydrogens is 237 g/mol. The van der Waals surface area contributed by atoms with Crippen molar-refractivity contribution in [2.75, 3.05) is 11.9 Å². The van der Waals surface area contributed by atoms with Crippen LogP contribution in [-0.2, 0) is 6.54 Å². The molecule has 3 N–H and O–H groups in total. The lowest BCUT2D eigenvalue weighted by Crippen LogP contribution is -2.08. The molecule has 1 heterocycles. The smallest absolute Gasteiger partial charge is 0.242 e. The van der Waals surface area contributed by atoms with Crippen LogP contribution in [0.1, 0.15) is 25.5 Å². The Morgan fingerprint density at radius 2 is 2.07 bits per heavy atom. The van der Waals surface area contributed by atoms with Crippen LogP contribution in [-0.4, -0.2) is 21.7 Å². The highest BCUT2D eigenvalue weighted by Gasteiger charge is 1.95. The minimum atomic E-state index is 0. The summed E-state index contributed by atoms with van der Waals surface area (Å²) in [6, 6.07) is 0. The van der Waals surface area contributed by atoms with Gasteiger partial charge in [-0.1, -0.05) is 13.3 Å². The second-order valence-electron chi connectivity index (χ2n) is 2.76. The van der Waals surface area contributed by atoms with Crippen molar-refractivity contribution >= 4 is 30.8 Å². The molecule has 7 heteroatoms. The number of anilines is 1. The predicted molar refractivity (Wildman–Crippen MR) is 65.6 cm³/mol. The van der Waals surface area contributed by atoms with E-state index in [4.69, 9.17) is 5.73 Å². The van der Waals surface area contributed by atoms with Gasteiger partial charge in [-0.2, -0.15) is 0 Å². The molecule has 88 valence electrons. The fourth-order valence-electron chi connectivity index (χ4n) is 0.850. The van der Waals surface area contributed by atoms with Crippen LogP contribution in [0.4, 0.5) is 5.95 Å². The van der Waals surface area contributed by atoms with E-state index < -0.39 is 0 Å². The number of nitrogens with two attached hydrogens (primary N) is 1. The molecule has 15 heavy (non-hydrogen) atoms. The van der Waals surface area contributed by atoms with Crippen molar-refractivity contribution in [3.05, 3.63) is 11.9 Å². The Morgan fingerprint density at radius 1 is 1.33 bits per heavy atom. The van der Waals surface area contributed by atoms with E-state index >= 15 is 0 Å². The van der Waals surface area contributed by atoms with Crippen LogP contribution >= 0.6 is 24.8 Å². The molecule has 0 radical (unpaired) electrons. The van der Waals surface area contributed by atoms with Gasteiger partial charge in [-0.25, -0.2) is 4.98 Å². The molecule has 0 fully saturated rings. The fraction of sp³-hybridized carbons (Fsp3) is 0.625. The SMILES string of the molecule is CCCCNc1ncc(CN)nn1.Cl.Cl. The molecule has 0 saturated carbocycles. The molecule has 1 rings (SSSR count). The van der Waals surface area contributed by atoms with Crippen molar-refractivity contribution in [2.24, 2.45) is 5.73 Å². The third kappa shape index (κ3) is 6.43. The molecule has 1 aromatic heterocycles. The topological polar surface area (TPSA) is 76.7 Å². The molecule has 1 aromatic rings. The number of unbranched alkanes of at least 4 members (excludes halogenated alkanes) is 1. The average molecular weight is 254 g/mol. The maximum absolute atomic E-state index is 5.36. The van der Waals surface area contributed by atoms with E-state index in [1.807, 2.05) is 0 Å². The van der Waals surface area contributed by atoms with Crippen molar-refractivity contribution in [3.63, 3.8) is 0 Å². The molecule has 0 spiro atoms. The first kappa shape index (κ1) is 16.8. The van der Waals surface area contributed by atoms with Crippen LogP contribution in [0.25, 0.3) is 0 Å². The number of nitrogens with zero attached hydrogens (tertiary/aromatic N) is 3. The normalized spacial score (nSPS) is 8.67. The Kier molecular flexibility index (Phi) is 11.1. The molecule has 0 saturated heterocycles. The lowest BCUT2D eigenvalue weighted by Gasteiger charge is -2.02. The zero-order chi connectivity index (χ0) is 9.52. The monoisotopic (exact) mass is 253 g/mol. The zero-order valence-corrected chi connectivity index (χ0v) is 10.3. The lowest BCUT2D eigenvalue weighted by atomic mass is 10.3. The van der Waals surface area contributed by atoms with Gasteiger partial charge in [0.25, 0.3) is 0 Å². The van der Waals surface area contributed by atoms with Crippen molar-refractivity contribution in [3.8, 4) is 0 Å². The summed E-state index contributed by atoms with van der Waals surface area (Å²) in [4.78, 5) is 4.06. The summed E-state index contributed by atoms with van der Waals surface area (Å²) in [5.74, 6) is 0.575. The van der Waals surface area contributed by atoms with Gasteiger partial charge < -0.3 is 11.1 Å². The third-order valence-corrected chi connectivity index (χ3v) is 1.63. The molecule has 5 nitrogen and oxygen atoms in total. The molecule has 0 aliphatic rings. The Morgan fingerprint density at radius 3 is 2.53 bits per heavy atom. The minimum absolute atomic E-state index is 0. The largest absolute Gasteiger partial charge is 0.353 e. The van der Waals surface area contributed by atoms with Crippen LogP contribution in [0.2, 0.25) is 0 Å². The maximum Gasteiger partial charge on any atom is 0.242 e. The fourth-order valence-corrected chi connectivity index (χ4v) is 0.850. The van der Waals surface area contributed by atoms with Crippen LogP contribution in [0.5, 0.6) is 0 Å². The molecule has 0 bridgehead atoms. The lowest BCUT2D eigenvalue weighted by molar-refractivity contribution is 0.808. The first-order valence-corrected chi connectivity index (χ1v) is 4.49. The summed E-state index contributed by atoms with van der Waals surface area (Å²) >= 11 is 0. The molecular formula is C8H17Cl2N5. The predicted octanol–water partition coefficient (Wildman–Crippen LogP) is 1.39. The number of hydrogen-bond donors (Lipinski definition) is 2. The molecule has 0 aliphatic heterocycles. The van der Waals surface area contributed by atoms with E-state index in [9.17, 15) is 0 Å². The Labute approximate surface area is 102 Å². The molecule has 0 atom stereocenters.